The Bertz CT molecular complexity index is 381. The second-order valence-corrected chi connectivity index (χ2v) is 4.01. The Morgan fingerprint density at radius 1 is 1.53 bits per heavy atom. The predicted molar refractivity (Wildman–Crippen MR) is 64.0 cm³/mol. The van der Waals surface area contributed by atoms with Crippen molar-refractivity contribution >= 4 is 5.97 Å². The van der Waals surface area contributed by atoms with Gasteiger partial charge in [0.25, 0.3) is 0 Å². The normalized spacial score (nSPS) is 14.1. The van der Waals surface area contributed by atoms with E-state index in [4.69, 9.17) is 5.73 Å². The van der Waals surface area contributed by atoms with Crippen molar-refractivity contribution in [1.82, 2.24) is 0 Å². The molecule has 2 atom stereocenters. The number of carbonyl (C=O) groups excluding carboxylic acids is 1. The van der Waals surface area contributed by atoms with Crippen LogP contribution >= 0.6 is 0 Å². The van der Waals surface area contributed by atoms with Crippen molar-refractivity contribution in [2.75, 3.05) is 7.11 Å². The van der Waals surface area contributed by atoms with Gasteiger partial charge < -0.3 is 10.5 Å². The van der Waals surface area contributed by atoms with E-state index in [9.17, 15) is 9.18 Å². The quantitative estimate of drug-likeness (QED) is 0.801. The maximum Gasteiger partial charge on any atom is 0.306 e. The van der Waals surface area contributed by atoms with Crippen molar-refractivity contribution < 1.29 is 13.9 Å². The fraction of sp³-hybridized carbons (Fsp3) is 0.462. The molecule has 2 unspecified atom stereocenters. The number of carbonyl (C=O) groups is 1. The topological polar surface area (TPSA) is 52.3 Å². The Balaban J connectivity index is 2.93. The van der Waals surface area contributed by atoms with Gasteiger partial charge in [-0.3, -0.25) is 4.79 Å². The van der Waals surface area contributed by atoms with Crippen LogP contribution in [0.5, 0.6) is 0 Å². The fourth-order valence-corrected chi connectivity index (χ4v) is 1.80. The van der Waals surface area contributed by atoms with Gasteiger partial charge in [-0.1, -0.05) is 19.1 Å². The van der Waals surface area contributed by atoms with Crippen LogP contribution in [0.4, 0.5) is 4.39 Å². The van der Waals surface area contributed by atoms with Gasteiger partial charge in [0, 0.05) is 12.0 Å². The summed E-state index contributed by atoms with van der Waals surface area (Å²) < 4.78 is 17.8. The minimum atomic E-state index is -0.330. The number of halogens is 1. The molecule has 0 amide bonds. The van der Waals surface area contributed by atoms with Crippen LogP contribution in [0, 0.1) is 5.82 Å². The van der Waals surface area contributed by atoms with Gasteiger partial charge in [-0.15, -0.1) is 0 Å². The van der Waals surface area contributed by atoms with E-state index in [0.717, 1.165) is 12.0 Å². The van der Waals surface area contributed by atoms with Crippen molar-refractivity contribution in [3.05, 3.63) is 35.6 Å². The summed E-state index contributed by atoms with van der Waals surface area (Å²) in [5, 5.41) is 0. The molecule has 4 heteroatoms. The monoisotopic (exact) mass is 239 g/mol. The molecule has 0 fully saturated rings. The van der Waals surface area contributed by atoms with Crippen molar-refractivity contribution in [2.24, 2.45) is 5.73 Å². The second-order valence-electron chi connectivity index (χ2n) is 4.01. The Labute approximate surface area is 101 Å². The molecule has 0 aliphatic rings. The van der Waals surface area contributed by atoms with Crippen LogP contribution < -0.4 is 5.73 Å². The van der Waals surface area contributed by atoms with Gasteiger partial charge in [0.05, 0.1) is 13.5 Å². The van der Waals surface area contributed by atoms with Crippen LogP contribution in [0.15, 0.2) is 24.3 Å². The number of ether oxygens (including phenoxy) is 1. The maximum absolute atomic E-state index is 13.2. The van der Waals surface area contributed by atoms with E-state index in [2.05, 4.69) is 4.74 Å². The maximum atomic E-state index is 13.2. The summed E-state index contributed by atoms with van der Waals surface area (Å²) in [6, 6.07) is 6.01. The van der Waals surface area contributed by atoms with Crippen molar-refractivity contribution in [3.8, 4) is 0 Å². The molecule has 0 saturated heterocycles. The molecule has 1 rings (SSSR count). The number of rotatable bonds is 5. The van der Waals surface area contributed by atoms with E-state index >= 15 is 0 Å². The second kappa shape index (κ2) is 6.35. The van der Waals surface area contributed by atoms with Crippen LogP contribution in [0.3, 0.4) is 0 Å². The highest BCUT2D eigenvalue weighted by Crippen LogP contribution is 2.25. The van der Waals surface area contributed by atoms with Gasteiger partial charge in [-0.2, -0.15) is 0 Å². The first-order valence-electron chi connectivity index (χ1n) is 5.66. The molecule has 1 aromatic carbocycles. The van der Waals surface area contributed by atoms with E-state index < -0.39 is 0 Å². The lowest BCUT2D eigenvalue weighted by Gasteiger charge is -2.22. The molecular weight excluding hydrogens is 221 g/mol. The van der Waals surface area contributed by atoms with E-state index in [1.54, 1.807) is 12.1 Å². The largest absolute Gasteiger partial charge is 0.469 e. The minimum Gasteiger partial charge on any atom is -0.469 e. The van der Waals surface area contributed by atoms with Crippen LogP contribution in [0.2, 0.25) is 0 Å². The molecule has 0 aromatic heterocycles. The Morgan fingerprint density at radius 2 is 2.24 bits per heavy atom. The van der Waals surface area contributed by atoms with Gasteiger partial charge in [-0.05, 0) is 24.1 Å². The number of benzene rings is 1. The van der Waals surface area contributed by atoms with Gasteiger partial charge in [0.1, 0.15) is 5.82 Å². The Kier molecular flexibility index (Phi) is 5.10. The van der Waals surface area contributed by atoms with E-state index in [0.29, 0.717) is 0 Å². The third-order valence-electron chi connectivity index (χ3n) is 2.88. The molecule has 17 heavy (non-hydrogen) atoms. The summed E-state index contributed by atoms with van der Waals surface area (Å²) in [4.78, 5) is 11.3. The summed E-state index contributed by atoms with van der Waals surface area (Å²) in [6.45, 7) is 1.94. The summed E-state index contributed by atoms with van der Waals surface area (Å²) in [7, 11) is 1.34. The lowest BCUT2D eigenvalue weighted by Crippen LogP contribution is -2.29. The summed E-state index contributed by atoms with van der Waals surface area (Å²) >= 11 is 0. The Morgan fingerprint density at radius 3 is 2.76 bits per heavy atom. The molecule has 94 valence electrons. The van der Waals surface area contributed by atoms with Crippen molar-refractivity contribution in [3.63, 3.8) is 0 Å². The van der Waals surface area contributed by atoms with Gasteiger partial charge in [-0.25, -0.2) is 4.39 Å². The van der Waals surface area contributed by atoms with Crippen molar-refractivity contribution in [1.29, 1.82) is 0 Å². The molecule has 0 aliphatic carbocycles. The lowest BCUT2D eigenvalue weighted by atomic mass is 9.87. The summed E-state index contributed by atoms with van der Waals surface area (Å²) in [6.07, 6.45) is 0.896. The standard InChI is InChI=1S/C13H18FNO2/c1-3-12(15)11(8-13(16)17-2)9-5-4-6-10(14)7-9/h4-7,11-12H,3,8,15H2,1-2H3. The average molecular weight is 239 g/mol. The first-order valence-corrected chi connectivity index (χ1v) is 5.66. The number of nitrogens with two attached hydrogens (primary N) is 1. The molecule has 0 spiro atoms. The zero-order valence-electron chi connectivity index (χ0n) is 10.2. The third kappa shape index (κ3) is 3.82. The van der Waals surface area contributed by atoms with Gasteiger partial charge >= 0.3 is 5.97 Å². The molecule has 0 heterocycles. The molecule has 1 aromatic rings. The molecule has 0 aliphatic heterocycles. The molecule has 0 bridgehead atoms. The average Bonchev–Trinajstić information content (AvgIpc) is 2.34. The zero-order valence-corrected chi connectivity index (χ0v) is 10.2. The molecule has 0 saturated carbocycles. The summed E-state index contributed by atoms with van der Waals surface area (Å²) in [5.74, 6) is -0.855. The SMILES string of the molecule is CCC(N)C(CC(=O)OC)c1cccc(F)c1. The third-order valence-corrected chi connectivity index (χ3v) is 2.88. The number of esters is 1. The smallest absolute Gasteiger partial charge is 0.306 e. The van der Waals surface area contributed by atoms with E-state index in [1.165, 1.54) is 19.2 Å². The van der Waals surface area contributed by atoms with Gasteiger partial charge in [0.2, 0.25) is 0 Å². The predicted octanol–water partition coefficient (Wildman–Crippen LogP) is 2.21. The van der Waals surface area contributed by atoms with Crippen LogP contribution in [0.1, 0.15) is 31.2 Å². The van der Waals surface area contributed by atoms with Crippen LogP contribution in [0.25, 0.3) is 0 Å². The summed E-state index contributed by atoms with van der Waals surface area (Å²) in [5.41, 5.74) is 6.71. The van der Waals surface area contributed by atoms with Gasteiger partial charge in [0.15, 0.2) is 0 Å². The highest BCUT2D eigenvalue weighted by Gasteiger charge is 2.22. The molecule has 0 radical (unpaired) electrons. The highest BCUT2D eigenvalue weighted by atomic mass is 19.1. The van der Waals surface area contributed by atoms with Crippen LogP contribution in [-0.2, 0) is 9.53 Å². The lowest BCUT2D eigenvalue weighted by molar-refractivity contribution is -0.141. The molecule has 3 nitrogen and oxygen atoms in total. The highest BCUT2D eigenvalue weighted by molar-refractivity contribution is 5.70. The molecule has 2 N–H and O–H groups in total. The first-order chi connectivity index (χ1) is 8.08. The van der Waals surface area contributed by atoms with Crippen molar-refractivity contribution in [2.45, 2.75) is 31.7 Å². The minimum absolute atomic E-state index is 0.176. The molecular formula is C13H18FNO2. The number of hydrogen-bond acceptors (Lipinski definition) is 3. The fourth-order valence-electron chi connectivity index (χ4n) is 1.80. The number of hydrogen-bond donors (Lipinski definition) is 1. The first kappa shape index (κ1) is 13.6. The van der Waals surface area contributed by atoms with E-state index in [-0.39, 0.29) is 30.2 Å². The van der Waals surface area contributed by atoms with E-state index in [1.807, 2.05) is 6.92 Å². The number of methoxy groups -OCH3 is 1. The zero-order chi connectivity index (χ0) is 12.8. The Hall–Kier alpha value is -1.42. The van der Waals surface area contributed by atoms with Crippen LogP contribution in [-0.4, -0.2) is 19.1 Å².